The molecule has 2 aromatic carbocycles. The van der Waals surface area contributed by atoms with E-state index in [0.29, 0.717) is 26.0 Å². The molecular formula is C33H43N3O4S. The fourth-order valence-electron chi connectivity index (χ4n) is 5.97. The van der Waals surface area contributed by atoms with Gasteiger partial charge in [-0.2, -0.15) is 0 Å². The van der Waals surface area contributed by atoms with E-state index in [1.54, 1.807) is 6.92 Å². The smallest absolute Gasteiger partial charge is 0.306 e. The highest BCUT2D eigenvalue weighted by atomic mass is 32.1. The van der Waals surface area contributed by atoms with Crippen LogP contribution in [0, 0.1) is 5.92 Å². The second-order valence-electron chi connectivity index (χ2n) is 11.4. The number of nitrogens with zero attached hydrogens (tertiary/aromatic N) is 3. The molecule has 41 heavy (non-hydrogen) atoms. The van der Waals surface area contributed by atoms with E-state index in [1.165, 1.54) is 21.3 Å². The van der Waals surface area contributed by atoms with E-state index < -0.39 is 5.97 Å². The topological polar surface area (TPSA) is 73.3 Å². The first kappa shape index (κ1) is 29.4. The molecular weight excluding hydrogens is 534 g/mol. The van der Waals surface area contributed by atoms with Gasteiger partial charge in [0.15, 0.2) is 0 Å². The van der Waals surface area contributed by atoms with E-state index in [2.05, 4.69) is 45.5 Å². The lowest BCUT2D eigenvalue weighted by Crippen LogP contribution is -2.46. The van der Waals surface area contributed by atoms with Crippen molar-refractivity contribution in [2.24, 2.45) is 5.92 Å². The van der Waals surface area contributed by atoms with Crippen LogP contribution in [-0.4, -0.2) is 67.8 Å². The summed E-state index contributed by atoms with van der Waals surface area (Å²) in [6, 6.07) is 15.1. The number of fused-ring (bicyclic) bond motifs is 2. The molecule has 0 bridgehead atoms. The van der Waals surface area contributed by atoms with Gasteiger partial charge >= 0.3 is 5.97 Å². The predicted molar refractivity (Wildman–Crippen MR) is 168 cm³/mol. The molecule has 0 saturated carbocycles. The van der Waals surface area contributed by atoms with Crippen molar-refractivity contribution >= 4 is 44.7 Å². The van der Waals surface area contributed by atoms with Crippen LogP contribution in [0.5, 0.6) is 5.75 Å². The highest BCUT2D eigenvalue weighted by molar-refractivity contribution is 7.17. The predicted octanol–water partition coefficient (Wildman–Crippen LogP) is 6.44. The number of carbonyl (C=O) groups excluding carboxylic acids is 1. The summed E-state index contributed by atoms with van der Waals surface area (Å²) in [4.78, 5) is 30.7. The standard InChI is InChI=1S/C33H43N3O4S/c1-25(33(38)39)8-3-2-4-17-36-30-24-27(13-11-26(30)12-14-32(36)37)40-22-6-5-16-34-18-20-35(21-19-34)29-9-7-10-31-28(29)15-23-41-31/h7,9-11,13,15,23-25H,2-6,8,12,14,16-22H2,1H3,(H,38,39). The Morgan fingerprint density at radius 1 is 0.951 bits per heavy atom. The molecule has 1 saturated heterocycles. The van der Waals surface area contributed by atoms with E-state index in [-0.39, 0.29) is 11.8 Å². The molecule has 220 valence electrons. The fraction of sp³-hybridized carbons (Fsp3) is 0.515. The Hall–Kier alpha value is -3.10. The molecule has 2 aliphatic rings. The second kappa shape index (κ2) is 14.2. The third-order valence-corrected chi connectivity index (χ3v) is 9.40. The van der Waals surface area contributed by atoms with Gasteiger partial charge in [0.1, 0.15) is 5.75 Å². The van der Waals surface area contributed by atoms with Crippen molar-refractivity contribution in [1.82, 2.24) is 4.90 Å². The number of unbranched alkanes of at least 4 members (excludes halogenated alkanes) is 3. The number of hydrogen-bond acceptors (Lipinski definition) is 6. The molecule has 1 N–H and O–H groups in total. The van der Waals surface area contributed by atoms with Crippen molar-refractivity contribution in [2.45, 2.75) is 58.3 Å². The number of ether oxygens (including phenoxy) is 1. The maximum absolute atomic E-state index is 12.7. The Morgan fingerprint density at radius 3 is 2.61 bits per heavy atom. The first-order chi connectivity index (χ1) is 20.0. The summed E-state index contributed by atoms with van der Waals surface area (Å²) in [6.45, 7) is 8.51. The summed E-state index contributed by atoms with van der Waals surface area (Å²) < 4.78 is 7.49. The van der Waals surface area contributed by atoms with Crippen LogP contribution in [0.15, 0.2) is 47.8 Å². The van der Waals surface area contributed by atoms with Gasteiger partial charge < -0.3 is 19.6 Å². The Labute approximate surface area is 247 Å². The Balaban J connectivity index is 1.02. The number of carboxylic acids is 1. The number of carbonyl (C=O) groups is 2. The number of hydrogen-bond donors (Lipinski definition) is 1. The van der Waals surface area contributed by atoms with Gasteiger partial charge in [-0.05, 0) is 73.9 Å². The Bertz CT molecular complexity index is 1320. The SMILES string of the molecule is CC(CCCCCN1C(=O)CCc2ccc(OCCCCN3CCN(c4cccc5sccc45)CC3)cc21)C(=O)O. The van der Waals surface area contributed by atoms with Gasteiger partial charge in [-0.15, -0.1) is 11.3 Å². The minimum Gasteiger partial charge on any atom is -0.494 e. The first-order valence-electron chi connectivity index (χ1n) is 15.2. The third kappa shape index (κ3) is 7.60. The number of thiophene rings is 1. The maximum Gasteiger partial charge on any atom is 0.306 e. The van der Waals surface area contributed by atoms with Crippen LogP contribution in [0.2, 0.25) is 0 Å². The van der Waals surface area contributed by atoms with E-state index in [0.717, 1.165) is 82.7 Å². The fourth-order valence-corrected chi connectivity index (χ4v) is 6.77. The molecule has 5 rings (SSSR count). The third-order valence-electron chi connectivity index (χ3n) is 8.52. The number of aryl methyl sites for hydroxylation is 1. The highest BCUT2D eigenvalue weighted by Crippen LogP contribution is 2.33. The van der Waals surface area contributed by atoms with Crippen LogP contribution in [0.25, 0.3) is 10.1 Å². The average Bonchev–Trinajstić information content (AvgIpc) is 3.47. The van der Waals surface area contributed by atoms with Crippen molar-refractivity contribution in [3.8, 4) is 5.75 Å². The van der Waals surface area contributed by atoms with Crippen LogP contribution in [0.4, 0.5) is 11.4 Å². The summed E-state index contributed by atoms with van der Waals surface area (Å²) in [6.07, 6.45) is 6.78. The molecule has 1 aromatic heterocycles. The number of rotatable bonds is 14. The number of aliphatic carboxylic acids is 1. The molecule has 8 heteroatoms. The Kier molecular flexibility index (Phi) is 10.2. The summed E-state index contributed by atoms with van der Waals surface area (Å²) in [7, 11) is 0. The van der Waals surface area contributed by atoms with Crippen molar-refractivity contribution in [3.63, 3.8) is 0 Å². The van der Waals surface area contributed by atoms with Crippen molar-refractivity contribution in [3.05, 3.63) is 53.4 Å². The minimum absolute atomic E-state index is 0.167. The second-order valence-corrected chi connectivity index (χ2v) is 12.4. The van der Waals surface area contributed by atoms with Crippen LogP contribution < -0.4 is 14.5 Å². The number of anilines is 2. The maximum atomic E-state index is 12.7. The van der Waals surface area contributed by atoms with Crippen LogP contribution in [-0.2, 0) is 16.0 Å². The molecule has 1 atom stereocenters. The van der Waals surface area contributed by atoms with E-state index in [9.17, 15) is 9.59 Å². The van der Waals surface area contributed by atoms with Crippen LogP contribution >= 0.6 is 11.3 Å². The number of carboxylic acid groups (broad SMARTS) is 1. The molecule has 3 heterocycles. The van der Waals surface area contributed by atoms with Gasteiger partial charge in [0.2, 0.25) is 5.91 Å². The number of piperazine rings is 1. The molecule has 0 aliphatic carbocycles. The summed E-state index contributed by atoms with van der Waals surface area (Å²) in [5, 5.41) is 12.6. The summed E-state index contributed by atoms with van der Waals surface area (Å²) >= 11 is 1.81. The number of benzene rings is 2. The van der Waals surface area contributed by atoms with Gasteiger partial charge in [-0.25, -0.2) is 0 Å². The summed E-state index contributed by atoms with van der Waals surface area (Å²) in [5.74, 6) is -0.0515. The highest BCUT2D eigenvalue weighted by Gasteiger charge is 2.24. The molecule has 7 nitrogen and oxygen atoms in total. The molecule has 0 radical (unpaired) electrons. The van der Waals surface area contributed by atoms with Crippen molar-refractivity contribution in [1.29, 1.82) is 0 Å². The summed E-state index contributed by atoms with van der Waals surface area (Å²) in [5.41, 5.74) is 3.55. The van der Waals surface area contributed by atoms with E-state index >= 15 is 0 Å². The zero-order chi connectivity index (χ0) is 28.6. The molecule has 0 spiro atoms. The van der Waals surface area contributed by atoms with Gasteiger partial charge in [0, 0.05) is 61.0 Å². The van der Waals surface area contributed by atoms with Crippen LogP contribution in [0.1, 0.15) is 57.4 Å². The average molecular weight is 578 g/mol. The van der Waals surface area contributed by atoms with Crippen molar-refractivity contribution < 1.29 is 19.4 Å². The number of amides is 1. The van der Waals surface area contributed by atoms with Gasteiger partial charge in [0.05, 0.1) is 18.2 Å². The minimum atomic E-state index is -0.737. The van der Waals surface area contributed by atoms with Gasteiger partial charge in [-0.1, -0.05) is 31.9 Å². The lowest BCUT2D eigenvalue weighted by atomic mass is 9.99. The Morgan fingerprint density at radius 2 is 1.78 bits per heavy atom. The largest absolute Gasteiger partial charge is 0.494 e. The van der Waals surface area contributed by atoms with Gasteiger partial charge in [-0.3, -0.25) is 14.5 Å². The molecule has 1 fully saturated rings. The van der Waals surface area contributed by atoms with Gasteiger partial charge in [0.25, 0.3) is 0 Å². The lowest BCUT2D eigenvalue weighted by Gasteiger charge is -2.36. The lowest BCUT2D eigenvalue weighted by molar-refractivity contribution is -0.141. The van der Waals surface area contributed by atoms with Crippen LogP contribution in [0.3, 0.4) is 0 Å². The quantitative estimate of drug-likeness (QED) is 0.222. The molecule has 2 aliphatic heterocycles. The first-order valence-corrected chi connectivity index (χ1v) is 16.1. The van der Waals surface area contributed by atoms with E-state index in [4.69, 9.17) is 9.84 Å². The zero-order valence-corrected chi connectivity index (χ0v) is 25.0. The molecule has 1 amide bonds. The molecule has 3 aromatic rings. The van der Waals surface area contributed by atoms with Crippen molar-refractivity contribution in [2.75, 3.05) is 55.7 Å². The monoisotopic (exact) mass is 577 g/mol. The molecule has 1 unspecified atom stereocenters. The zero-order valence-electron chi connectivity index (χ0n) is 24.2. The normalized spacial score (nSPS) is 16.7. The van der Waals surface area contributed by atoms with E-state index in [1.807, 2.05) is 28.4 Å².